The first-order valence-corrected chi connectivity index (χ1v) is 6.89. The Morgan fingerprint density at radius 1 is 1.26 bits per heavy atom. The van der Waals surface area contributed by atoms with Gasteiger partial charge in [-0.2, -0.15) is 0 Å². The van der Waals surface area contributed by atoms with Crippen LogP contribution in [0.25, 0.3) is 11.0 Å². The van der Waals surface area contributed by atoms with Crippen molar-refractivity contribution in [3.63, 3.8) is 0 Å². The highest BCUT2D eigenvalue weighted by Crippen LogP contribution is 2.15. The lowest BCUT2D eigenvalue weighted by atomic mass is 10.3. The van der Waals surface area contributed by atoms with Crippen molar-refractivity contribution in [3.05, 3.63) is 30.1 Å². The van der Waals surface area contributed by atoms with E-state index < -0.39 is 0 Å². The zero-order valence-corrected chi connectivity index (χ0v) is 11.3. The van der Waals surface area contributed by atoms with E-state index in [1.165, 1.54) is 5.52 Å². The van der Waals surface area contributed by atoms with E-state index in [1.54, 1.807) is 0 Å². The molecule has 1 saturated heterocycles. The predicted molar refractivity (Wildman–Crippen MR) is 74.6 cm³/mol. The van der Waals surface area contributed by atoms with Gasteiger partial charge in [0.05, 0.1) is 30.8 Å². The Hall–Kier alpha value is -1.43. The number of hydrogen-bond donors (Lipinski definition) is 1. The zero-order chi connectivity index (χ0) is 13.1. The molecule has 0 atom stereocenters. The van der Waals surface area contributed by atoms with Crippen molar-refractivity contribution in [1.29, 1.82) is 0 Å². The number of hydrogen-bond acceptors (Lipinski definition) is 4. The summed E-state index contributed by atoms with van der Waals surface area (Å²) in [6, 6.07) is 8.30. The van der Waals surface area contributed by atoms with Crippen LogP contribution in [-0.2, 0) is 17.8 Å². The van der Waals surface area contributed by atoms with Gasteiger partial charge in [-0.1, -0.05) is 12.1 Å². The lowest BCUT2D eigenvalue weighted by molar-refractivity contribution is 0.00996. The molecule has 3 rings (SSSR count). The van der Waals surface area contributed by atoms with Gasteiger partial charge in [-0.15, -0.1) is 0 Å². The molecule has 2 heterocycles. The number of aryl methyl sites for hydroxylation is 1. The molecule has 102 valence electrons. The van der Waals surface area contributed by atoms with E-state index in [2.05, 4.69) is 40.1 Å². The maximum absolute atomic E-state index is 5.34. The normalized spacial score (nSPS) is 17.1. The van der Waals surface area contributed by atoms with Crippen LogP contribution in [0.1, 0.15) is 12.7 Å². The molecule has 5 heteroatoms. The van der Waals surface area contributed by atoms with Gasteiger partial charge in [-0.05, 0) is 19.1 Å². The van der Waals surface area contributed by atoms with Crippen molar-refractivity contribution in [1.82, 2.24) is 20.0 Å². The molecule has 0 spiro atoms. The molecule has 1 fully saturated rings. The lowest BCUT2D eigenvalue weighted by Crippen LogP contribution is -2.45. The summed E-state index contributed by atoms with van der Waals surface area (Å²) >= 11 is 0. The first-order chi connectivity index (χ1) is 9.38. The van der Waals surface area contributed by atoms with Crippen LogP contribution in [0, 0.1) is 0 Å². The van der Waals surface area contributed by atoms with Gasteiger partial charge in [0.2, 0.25) is 0 Å². The van der Waals surface area contributed by atoms with Crippen molar-refractivity contribution < 1.29 is 4.74 Å². The number of imidazole rings is 1. The minimum absolute atomic E-state index is 0.766. The van der Waals surface area contributed by atoms with E-state index in [1.807, 2.05) is 6.07 Å². The highest BCUT2D eigenvalue weighted by Gasteiger charge is 2.12. The topological polar surface area (TPSA) is 42.3 Å². The summed E-state index contributed by atoms with van der Waals surface area (Å²) in [6.07, 6.45) is 0. The highest BCUT2D eigenvalue weighted by molar-refractivity contribution is 5.75. The van der Waals surface area contributed by atoms with Gasteiger partial charge in [0.1, 0.15) is 5.82 Å². The number of aromatic nitrogens is 2. The summed E-state index contributed by atoms with van der Waals surface area (Å²) in [7, 11) is 0. The van der Waals surface area contributed by atoms with E-state index in [0.29, 0.717) is 0 Å². The van der Waals surface area contributed by atoms with Crippen molar-refractivity contribution in [3.8, 4) is 0 Å². The van der Waals surface area contributed by atoms with Gasteiger partial charge in [-0.3, -0.25) is 0 Å². The monoisotopic (exact) mass is 260 g/mol. The second-order valence-corrected chi connectivity index (χ2v) is 4.70. The van der Waals surface area contributed by atoms with E-state index >= 15 is 0 Å². The van der Waals surface area contributed by atoms with Crippen LogP contribution in [0.5, 0.6) is 0 Å². The molecule has 0 amide bonds. The minimum Gasteiger partial charge on any atom is -0.379 e. The Morgan fingerprint density at radius 2 is 2.05 bits per heavy atom. The smallest absolute Gasteiger partial charge is 0.125 e. The molecule has 5 nitrogen and oxygen atoms in total. The van der Waals surface area contributed by atoms with Crippen molar-refractivity contribution in [2.75, 3.05) is 26.3 Å². The van der Waals surface area contributed by atoms with E-state index in [9.17, 15) is 0 Å². The fourth-order valence-electron chi connectivity index (χ4n) is 2.52. The largest absolute Gasteiger partial charge is 0.379 e. The number of benzene rings is 1. The third-order valence-corrected chi connectivity index (χ3v) is 3.52. The second-order valence-electron chi connectivity index (χ2n) is 4.70. The Labute approximate surface area is 113 Å². The van der Waals surface area contributed by atoms with Crippen molar-refractivity contribution in [2.45, 2.75) is 20.0 Å². The third kappa shape index (κ3) is 2.63. The van der Waals surface area contributed by atoms with Crippen LogP contribution in [0.2, 0.25) is 0 Å². The molecule has 0 bridgehead atoms. The molecule has 0 radical (unpaired) electrons. The van der Waals surface area contributed by atoms with Crippen LogP contribution in [0.4, 0.5) is 0 Å². The average molecular weight is 260 g/mol. The number of nitrogens with zero attached hydrogens (tertiary/aromatic N) is 3. The minimum atomic E-state index is 0.766. The molecule has 2 aromatic rings. The molecule has 19 heavy (non-hydrogen) atoms. The van der Waals surface area contributed by atoms with Gasteiger partial charge >= 0.3 is 0 Å². The fourth-order valence-corrected chi connectivity index (χ4v) is 2.52. The summed E-state index contributed by atoms with van der Waals surface area (Å²) in [5.74, 6) is 1.09. The van der Waals surface area contributed by atoms with E-state index in [0.717, 1.165) is 50.7 Å². The standard InChI is InChI=1S/C14H20N4O/c1-2-18-13-6-4-3-5-12(13)16-14(18)11-15-17-7-9-19-10-8-17/h3-6,15H,2,7-11H2,1H3. The van der Waals surface area contributed by atoms with Crippen LogP contribution >= 0.6 is 0 Å². The number of para-hydroxylation sites is 2. The summed E-state index contributed by atoms with van der Waals surface area (Å²) in [6.45, 7) is 7.35. The fraction of sp³-hybridized carbons (Fsp3) is 0.500. The number of nitrogens with one attached hydrogen (secondary N) is 1. The van der Waals surface area contributed by atoms with E-state index in [4.69, 9.17) is 9.72 Å². The van der Waals surface area contributed by atoms with Gasteiger partial charge in [0.15, 0.2) is 0 Å². The van der Waals surface area contributed by atoms with Crippen LogP contribution in [-0.4, -0.2) is 40.9 Å². The molecule has 1 aliphatic rings. The van der Waals surface area contributed by atoms with Crippen molar-refractivity contribution >= 4 is 11.0 Å². The molecule has 0 aliphatic carbocycles. The molecule has 1 N–H and O–H groups in total. The SMILES string of the molecule is CCn1c(CNN2CCOCC2)nc2ccccc21. The molecule has 0 saturated carbocycles. The maximum Gasteiger partial charge on any atom is 0.125 e. The lowest BCUT2D eigenvalue weighted by Gasteiger charge is -2.27. The van der Waals surface area contributed by atoms with Gasteiger partial charge < -0.3 is 9.30 Å². The maximum atomic E-state index is 5.34. The number of fused-ring (bicyclic) bond motifs is 1. The Balaban J connectivity index is 1.76. The van der Waals surface area contributed by atoms with Gasteiger partial charge in [0, 0.05) is 19.6 Å². The number of hydrazine groups is 1. The third-order valence-electron chi connectivity index (χ3n) is 3.52. The summed E-state index contributed by atoms with van der Waals surface area (Å²) in [5.41, 5.74) is 5.73. The quantitative estimate of drug-likeness (QED) is 0.902. The van der Waals surface area contributed by atoms with Crippen LogP contribution < -0.4 is 5.43 Å². The average Bonchev–Trinajstić information content (AvgIpc) is 2.83. The summed E-state index contributed by atoms with van der Waals surface area (Å²) in [5, 5.41) is 2.21. The predicted octanol–water partition coefficient (Wildman–Crippen LogP) is 1.39. The molecule has 1 aromatic carbocycles. The molecular formula is C14H20N4O. The molecule has 1 aliphatic heterocycles. The number of rotatable bonds is 4. The molecule has 0 unspecified atom stereocenters. The molecule has 1 aromatic heterocycles. The second kappa shape index (κ2) is 5.69. The Bertz CT molecular complexity index is 545. The number of morpholine rings is 1. The van der Waals surface area contributed by atoms with Crippen LogP contribution in [0.15, 0.2) is 24.3 Å². The first-order valence-electron chi connectivity index (χ1n) is 6.89. The number of ether oxygens (including phenoxy) is 1. The summed E-state index contributed by atoms with van der Waals surface area (Å²) < 4.78 is 7.61. The Kier molecular flexibility index (Phi) is 3.77. The zero-order valence-electron chi connectivity index (χ0n) is 11.3. The van der Waals surface area contributed by atoms with Crippen molar-refractivity contribution in [2.24, 2.45) is 0 Å². The van der Waals surface area contributed by atoms with Crippen LogP contribution in [0.3, 0.4) is 0 Å². The highest BCUT2D eigenvalue weighted by atomic mass is 16.5. The van der Waals surface area contributed by atoms with Gasteiger partial charge in [-0.25, -0.2) is 15.4 Å². The Morgan fingerprint density at radius 3 is 2.84 bits per heavy atom. The summed E-state index contributed by atoms with van der Waals surface area (Å²) in [4.78, 5) is 4.71. The van der Waals surface area contributed by atoms with Gasteiger partial charge in [0.25, 0.3) is 0 Å². The van der Waals surface area contributed by atoms with E-state index in [-0.39, 0.29) is 0 Å². The molecular weight excluding hydrogens is 240 g/mol. The first kappa shape index (κ1) is 12.6.